The molecule has 0 saturated heterocycles. The average molecular weight is 256 g/mol. The molecule has 10 heteroatoms. The van der Waals surface area contributed by atoms with Crippen LogP contribution < -0.4 is 51.4 Å². The Kier molecular flexibility index (Phi) is 14.7. The summed E-state index contributed by atoms with van der Waals surface area (Å²) in [7, 11) is -4.64. The molecule has 0 fully saturated rings. The minimum Gasteiger partial charge on any atom is -1.00 e. The fourth-order valence-corrected chi connectivity index (χ4v) is 0.214. The molecule has 0 rings (SSSR count). The first-order chi connectivity index (χ1) is 5.63. The van der Waals surface area contributed by atoms with Crippen molar-refractivity contribution in [2.75, 3.05) is 0 Å². The molecular formula is C4H10KO8P. The first-order valence-electron chi connectivity index (χ1n) is 2.85. The molecule has 0 aliphatic heterocycles. The molecule has 0 bridgehead atoms. The van der Waals surface area contributed by atoms with Gasteiger partial charge in [-0.15, -0.1) is 0 Å². The van der Waals surface area contributed by atoms with Gasteiger partial charge in [0.15, 0.2) is 0 Å². The maximum Gasteiger partial charge on any atom is 1.00 e. The standard InChI is InChI=1S/C4H6O4.K.H3O4P.H/c5-3(6)1-2-4(7)8;;1-5(2,3)4;/h1-2H2,(H,5,6)(H,7,8);;(H3,1,2,3,4);/q;+1;;-1. The van der Waals surface area contributed by atoms with Crippen molar-refractivity contribution in [2.45, 2.75) is 12.8 Å². The molecule has 0 radical (unpaired) electrons. The van der Waals surface area contributed by atoms with Crippen molar-refractivity contribution < 1.29 is 91.9 Å². The molecule has 0 spiro atoms. The maximum atomic E-state index is 9.64. The number of phosphoric acid groups is 1. The van der Waals surface area contributed by atoms with Gasteiger partial charge in [0.05, 0.1) is 12.8 Å². The molecule has 0 aliphatic carbocycles. The summed E-state index contributed by atoms with van der Waals surface area (Å²) < 4.78 is 8.88. The SMILES string of the molecule is O=C(O)CCC(=O)O.O=P(O)(O)O.[H-].[K+]. The molecule has 0 aliphatic rings. The van der Waals surface area contributed by atoms with E-state index in [1.54, 1.807) is 0 Å². The summed E-state index contributed by atoms with van der Waals surface area (Å²) in [6.45, 7) is 0. The Bertz CT molecular complexity index is 204. The Morgan fingerprint density at radius 3 is 1.21 bits per heavy atom. The van der Waals surface area contributed by atoms with E-state index in [0.29, 0.717) is 0 Å². The van der Waals surface area contributed by atoms with Crippen molar-refractivity contribution in [3.63, 3.8) is 0 Å². The van der Waals surface area contributed by atoms with E-state index in [1.165, 1.54) is 0 Å². The van der Waals surface area contributed by atoms with Gasteiger partial charge in [0.25, 0.3) is 0 Å². The van der Waals surface area contributed by atoms with Gasteiger partial charge in [0.2, 0.25) is 0 Å². The Hall–Kier alpha value is 0.686. The molecule has 14 heavy (non-hydrogen) atoms. The quantitative estimate of drug-likeness (QED) is 0.254. The van der Waals surface area contributed by atoms with E-state index in [4.69, 9.17) is 29.5 Å². The predicted molar refractivity (Wildman–Crippen MR) is 39.9 cm³/mol. The van der Waals surface area contributed by atoms with Crippen LogP contribution in [-0.2, 0) is 14.2 Å². The maximum absolute atomic E-state index is 9.64. The van der Waals surface area contributed by atoms with Gasteiger partial charge in [-0.2, -0.15) is 0 Å². The van der Waals surface area contributed by atoms with Crippen LogP contribution in [-0.4, -0.2) is 36.8 Å². The molecule has 0 aromatic carbocycles. The monoisotopic (exact) mass is 256 g/mol. The van der Waals surface area contributed by atoms with Crippen LogP contribution in [0.15, 0.2) is 0 Å². The molecule has 0 saturated carbocycles. The second-order valence-corrected chi connectivity index (χ2v) is 2.83. The van der Waals surface area contributed by atoms with Crippen LogP contribution in [0, 0.1) is 0 Å². The normalized spacial score (nSPS) is 9.07. The largest absolute Gasteiger partial charge is 1.00 e. The minimum absolute atomic E-state index is 0. The molecule has 0 atom stereocenters. The van der Waals surface area contributed by atoms with Gasteiger partial charge in [-0.25, -0.2) is 4.57 Å². The average Bonchev–Trinajstić information content (AvgIpc) is 1.79. The number of carbonyl (C=O) groups is 2. The van der Waals surface area contributed by atoms with Crippen LogP contribution in [0.25, 0.3) is 0 Å². The number of carboxylic acid groups (broad SMARTS) is 2. The third kappa shape index (κ3) is 53.6. The molecule has 0 heterocycles. The zero-order valence-electron chi connectivity index (χ0n) is 8.32. The molecule has 0 aromatic rings. The van der Waals surface area contributed by atoms with Gasteiger partial charge in [-0.05, 0) is 0 Å². The van der Waals surface area contributed by atoms with Crippen LogP contribution in [0.2, 0.25) is 0 Å². The van der Waals surface area contributed by atoms with E-state index in [1.807, 2.05) is 0 Å². The van der Waals surface area contributed by atoms with Gasteiger partial charge in [-0.1, -0.05) is 0 Å². The van der Waals surface area contributed by atoms with Gasteiger partial charge in [0, 0.05) is 0 Å². The topological polar surface area (TPSA) is 152 Å². The summed E-state index contributed by atoms with van der Waals surface area (Å²) in [6.07, 6.45) is -0.593. The summed E-state index contributed by atoms with van der Waals surface area (Å²) in [5.74, 6) is -2.15. The van der Waals surface area contributed by atoms with Crippen molar-refractivity contribution in [3.05, 3.63) is 0 Å². The van der Waals surface area contributed by atoms with E-state index >= 15 is 0 Å². The van der Waals surface area contributed by atoms with Gasteiger partial charge in [0.1, 0.15) is 0 Å². The number of carboxylic acids is 2. The zero-order chi connectivity index (χ0) is 11.1. The van der Waals surface area contributed by atoms with Crippen molar-refractivity contribution in [2.24, 2.45) is 0 Å². The van der Waals surface area contributed by atoms with Gasteiger partial charge in [-0.3, -0.25) is 9.59 Å². The van der Waals surface area contributed by atoms with Crippen LogP contribution >= 0.6 is 7.82 Å². The zero-order valence-corrected chi connectivity index (χ0v) is 11.3. The third-order valence-electron chi connectivity index (χ3n) is 0.553. The van der Waals surface area contributed by atoms with Crippen molar-refractivity contribution >= 4 is 19.8 Å². The summed E-state index contributed by atoms with van der Waals surface area (Å²) in [4.78, 5) is 40.8. The van der Waals surface area contributed by atoms with Gasteiger partial charge < -0.3 is 26.3 Å². The van der Waals surface area contributed by atoms with E-state index in [2.05, 4.69) is 0 Å². The summed E-state index contributed by atoms with van der Waals surface area (Å²) in [5, 5.41) is 15.8. The first-order valence-corrected chi connectivity index (χ1v) is 4.41. The number of hydrogen-bond donors (Lipinski definition) is 5. The number of rotatable bonds is 3. The Labute approximate surface area is 123 Å². The fraction of sp³-hybridized carbons (Fsp3) is 0.500. The van der Waals surface area contributed by atoms with Crippen LogP contribution in [0.1, 0.15) is 14.3 Å². The van der Waals surface area contributed by atoms with Crippen molar-refractivity contribution in [1.82, 2.24) is 0 Å². The van der Waals surface area contributed by atoms with E-state index < -0.39 is 19.8 Å². The molecule has 0 aromatic heterocycles. The molecule has 5 N–H and O–H groups in total. The molecule has 0 amide bonds. The molecular weight excluding hydrogens is 246 g/mol. The second kappa shape index (κ2) is 10.2. The third-order valence-corrected chi connectivity index (χ3v) is 0.553. The first kappa shape index (κ1) is 20.1. The number of hydrogen-bond acceptors (Lipinski definition) is 3. The molecule has 0 unspecified atom stereocenters. The fourth-order valence-electron chi connectivity index (χ4n) is 0.214. The van der Waals surface area contributed by atoms with E-state index in [-0.39, 0.29) is 65.7 Å². The van der Waals surface area contributed by atoms with E-state index in [0.717, 1.165) is 0 Å². The minimum atomic E-state index is -4.64. The summed E-state index contributed by atoms with van der Waals surface area (Å²) >= 11 is 0. The van der Waals surface area contributed by atoms with Crippen LogP contribution in [0.3, 0.4) is 0 Å². The Morgan fingerprint density at radius 2 is 1.14 bits per heavy atom. The Morgan fingerprint density at radius 1 is 1.00 bits per heavy atom. The van der Waals surface area contributed by atoms with Crippen molar-refractivity contribution in [1.29, 1.82) is 0 Å². The summed E-state index contributed by atoms with van der Waals surface area (Å²) in [6, 6.07) is 0. The smallest absolute Gasteiger partial charge is 1.00 e. The van der Waals surface area contributed by atoms with Crippen molar-refractivity contribution in [3.8, 4) is 0 Å². The molecule has 80 valence electrons. The molecule has 8 nitrogen and oxygen atoms in total. The number of aliphatic carboxylic acids is 2. The van der Waals surface area contributed by atoms with E-state index in [9.17, 15) is 9.59 Å². The van der Waals surface area contributed by atoms with Crippen LogP contribution in [0.4, 0.5) is 0 Å². The summed E-state index contributed by atoms with van der Waals surface area (Å²) in [5.41, 5.74) is 0. The van der Waals surface area contributed by atoms with Crippen LogP contribution in [0.5, 0.6) is 0 Å². The second-order valence-electron chi connectivity index (χ2n) is 1.80. The predicted octanol–water partition coefficient (Wildman–Crippen LogP) is -3.88. The Balaban J connectivity index is -0.0000000770. The van der Waals surface area contributed by atoms with Gasteiger partial charge >= 0.3 is 71.1 Å².